The maximum Gasteiger partial charge on any atom is 0.191 e. The smallest absolute Gasteiger partial charge is 0.191 e. The fourth-order valence-electron chi connectivity index (χ4n) is 1.88. The van der Waals surface area contributed by atoms with Crippen molar-refractivity contribution in [3.8, 4) is 0 Å². The number of thiazole rings is 1. The van der Waals surface area contributed by atoms with Gasteiger partial charge in [-0.1, -0.05) is 6.92 Å². The summed E-state index contributed by atoms with van der Waals surface area (Å²) in [5.41, 5.74) is 0.254. The molecular formula is C13H22N4OS. The molecule has 2 rings (SSSR count). The van der Waals surface area contributed by atoms with Gasteiger partial charge in [0.2, 0.25) is 0 Å². The molecule has 0 aliphatic carbocycles. The Morgan fingerprint density at radius 3 is 2.84 bits per heavy atom. The van der Waals surface area contributed by atoms with Crippen LogP contribution in [0.2, 0.25) is 0 Å². The number of nitrogens with one attached hydrogen (secondary N) is 2. The zero-order chi connectivity index (χ0) is 13.7. The van der Waals surface area contributed by atoms with Crippen LogP contribution in [0, 0.1) is 12.3 Å². The number of hydrogen-bond donors (Lipinski definition) is 2. The van der Waals surface area contributed by atoms with E-state index in [0.29, 0.717) is 0 Å². The van der Waals surface area contributed by atoms with Crippen LogP contribution < -0.4 is 10.6 Å². The first-order chi connectivity index (χ1) is 9.11. The fourth-order valence-corrected chi connectivity index (χ4v) is 2.66. The third-order valence-corrected chi connectivity index (χ3v) is 4.08. The van der Waals surface area contributed by atoms with E-state index < -0.39 is 0 Å². The van der Waals surface area contributed by atoms with Crippen LogP contribution in [0.1, 0.15) is 16.8 Å². The third kappa shape index (κ3) is 4.18. The minimum Gasteiger partial charge on any atom is -0.380 e. The van der Waals surface area contributed by atoms with Crippen molar-refractivity contribution in [3.05, 3.63) is 16.1 Å². The lowest BCUT2D eigenvalue weighted by atomic mass is 9.89. The molecule has 2 heterocycles. The zero-order valence-corrected chi connectivity index (χ0v) is 12.6. The summed E-state index contributed by atoms with van der Waals surface area (Å²) in [4.78, 5) is 9.83. The highest BCUT2D eigenvalue weighted by Gasteiger charge is 2.33. The Bertz CT molecular complexity index is 440. The standard InChI is InChI=1S/C13H22N4OS/c1-10-6-16-11(19-10)4-5-15-12(14-3)17-7-13(2)8-18-9-13/h6H,4-5,7-9H2,1-3H3,(H2,14,15,17). The molecule has 106 valence electrons. The van der Waals surface area contributed by atoms with E-state index in [1.165, 1.54) is 9.88 Å². The number of rotatable bonds is 5. The van der Waals surface area contributed by atoms with Crippen molar-refractivity contribution in [2.75, 3.05) is 33.4 Å². The van der Waals surface area contributed by atoms with Crippen molar-refractivity contribution >= 4 is 17.3 Å². The van der Waals surface area contributed by atoms with Gasteiger partial charge in [0.1, 0.15) is 0 Å². The van der Waals surface area contributed by atoms with Crippen LogP contribution in [0.5, 0.6) is 0 Å². The Hall–Kier alpha value is -1.14. The van der Waals surface area contributed by atoms with E-state index in [-0.39, 0.29) is 5.41 Å². The number of hydrogen-bond acceptors (Lipinski definition) is 4. The molecule has 0 bridgehead atoms. The summed E-state index contributed by atoms with van der Waals surface area (Å²) in [5.74, 6) is 0.849. The number of aliphatic imine (C=N–C) groups is 1. The lowest BCUT2D eigenvalue weighted by Gasteiger charge is -2.38. The van der Waals surface area contributed by atoms with E-state index in [1.807, 2.05) is 6.20 Å². The predicted molar refractivity (Wildman–Crippen MR) is 78.8 cm³/mol. The maximum absolute atomic E-state index is 5.24. The predicted octanol–water partition coefficient (Wildman–Crippen LogP) is 1.20. The van der Waals surface area contributed by atoms with Crippen molar-refractivity contribution in [2.24, 2.45) is 10.4 Å². The Morgan fingerprint density at radius 1 is 1.53 bits per heavy atom. The third-order valence-electron chi connectivity index (χ3n) is 3.11. The molecule has 0 amide bonds. The van der Waals surface area contributed by atoms with E-state index in [1.54, 1.807) is 18.4 Å². The SMILES string of the molecule is CN=C(NCCc1ncc(C)s1)NCC1(C)COC1. The second kappa shape index (κ2) is 6.34. The highest BCUT2D eigenvalue weighted by Crippen LogP contribution is 2.24. The van der Waals surface area contributed by atoms with Crippen LogP contribution in [0.15, 0.2) is 11.2 Å². The van der Waals surface area contributed by atoms with Crippen LogP contribution in [0.25, 0.3) is 0 Å². The number of aromatic nitrogens is 1. The number of ether oxygens (including phenoxy) is 1. The molecule has 0 atom stereocenters. The van der Waals surface area contributed by atoms with Gasteiger partial charge in [0, 0.05) is 43.0 Å². The second-order valence-corrected chi connectivity index (χ2v) is 6.59. The van der Waals surface area contributed by atoms with Gasteiger partial charge in [0.15, 0.2) is 5.96 Å². The number of aryl methyl sites for hydroxylation is 1. The van der Waals surface area contributed by atoms with Crippen molar-refractivity contribution < 1.29 is 4.74 Å². The van der Waals surface area contributed by atoms with Gasteiger partial charge >= 0.3 is 0 Å². The highest BCUT2D eigenvalue weighted by atomic mass is 32.1. The first-order valence-electron chi connectivity index (χ1n) is 6.55. The number of nitrogens with zero attached hydrogens (tertiary/aromatic N) is 2. The Morgan fingerprint density at radius 2 is 2.32 bits per heavy atom. The summed E-state index contributed by atoms with van der Waals surface area (Å²) < 4.78 is 5.24. The van der Waals surface area contributed by atoms with E-state index in [9.17, 15) is 0 Å². The molecule has 1 aromatic heterocycles. The second-order valence-electron chi connectivity index (χ2n) is 5.27. The van der Waals surface area contributed by atoms with Crippen LogP contribution in [0.4, 0.5) is 0 Å². The van der Waals surface area contributed by atoms with Crippen molar-refractivity contribution in [2.45, 2.75) is 20.3 Å². The topological polar surface area (TPSA) is 58.5 Å². The van der Waals surface area contributed by atoms with Crippen LogP contribution in [-0.4, -0.2) is 44.3 Å². The summed E-state index contributed by atoms with van der Waals surface area (Å²) in [6.45, 7) is 7.69. The quantitative estimate of drug-likeness (QED) is 0.629. The molecule has 2 N–H and O–H groups in total. The molecule has 1 aliphatic heterocycles. The molecule has 1 fully saturated rings. The van der Waals surface area contributed by atoms with Gasteiger partial charge < -0.3 is 15.4 Å². The summed E-state index contributed by atoms with van der Waals surface area (Å²) in [7, 11) is 1.79. The van der Waals surface area contributed by atoms with Gasteiger partial charge in [-0.05, 0) is 6.92 Å². The molecule has 0 saturated carbocycles. The highest BCUT2D eigenvalue weighted by molar-refractivity contribution is 7.11. The van der Waals surface area contributed by atoms with Crippen LogP contribution >= 0.6 is 11.3 Å². The Labute approximate surface area is 118 Å². The molecule has 1 aromatic rings. The van der Waals surface area contributed by atoms with E-state index in [0.717, 1.165) is 38.7 Å². The molecule has 1 saturated heterocycles. The minimum atomic E-state index is 0.254. The molecule has 0 aromatic carbocycles. The van der Waals surface area contributed by atoms with E-state index >= 15 is 0 Å². The first kappa shape index (κ1) is 14.3. The molecule has 0 radical (unpaired) electrons. The molecule has 1 aliphatic rings. The lowest BCUT2D eigenvalue weighted by Crippen LogP contribution is -2.51. The van der Waals surface area contributed by atoms with Crippen molar-refractivity contribution in [3.63, 3.8) is 0 Å². The van der Waals surface area contributed by atoms with Crippen molar-refractivity contribution in [1.29, 1.82) is 0 Å². The molecule has 0 unspecified atom stereocenters. The lowest BCUT2D eigenvalue weighted by molar-refractivity contribution is -0.0971. The van der Waals surface area contributed by atoms with Gasteiger partial charge in [-0.2, -0.15) is 0 Å². The average Bonchev–Trinajstić information content (AvgIpc) is 2.77. The Kier molecular flexibility index (Phi) is 4.76. The van der Waals surface area contributed by atoms with E-state index in [4.69, 9.17) is 4.74 Å². The normalized spacial score (nSPS) is 17.9. The minimum absolute atomic E-state index is 0.254. The zero-order valence-electron chi connectivity index (χ0n) is 11.8. The first-order valence-corrected chi connectivity index (χ1v) is 7.36. The summed E-state index contributed by atoms with van der Waals surface area (Å²) >= 11 is 1.75. The summed E-state index contributed by atoms with van der Waals surface area (Å²) in [5, 5.41) is 7.82. The molecular weight excluding hydrogens is 260 g/mol. The molecule has 19 heavy (non-hydrogen) atoms. The summed E-state index contributed by atoms with van der Waals surface area (Å²) in [6, 6.07) is 0. The molecule has 0 spiro atoms. The largest absolute Gasteiger partial charge is 0.380 e. The van der Waals surface area contributed by atoms with Crippen LogP contribution in [-0.2, 0) is 11.2 Å². The molecule has 5 nitrogen and oxygen atoms in total. The fraction of sp³-hybridized carbons (Fsp3) is 0.692. The van der Waals surface area contributed by atoms with E-state index in [2.05, 4.69) is 34.5 Å². The van der Waals surface area contributed by atoms with Gasteiger partial charge in [-0.15, -0.1) is 11.3 Å². The van der Waals surface area contributed by atoms with Gasteiger partial charge in [-0.25, -0.2) is 4.98 Å². The van der Waals surface area contributed by atoms with Crippen LogP contribution in [0.3, 0.4) is 0 Å². The number of guanidine groups is 1. The summed E-state index contributed by atoms with van der Waals surface area (Å²) in [6.07, 6.45) is 2.85. The Balaban J connectivity index is 1.68. The average molecular weight is 282 g/mol. The van der Waals surface area contributed by atoms with Crippen molar-refractivity contribution in [1.82, 2.24) is 15.6 Å². The van der Waals surface area contributed by atoms with Gasteiger partial charge in [0.25, 0.3) is 0 Å². The molecule has 6 heteroatoms. The maximum atomic E-state index is 5.24. The van der Waals surface area contributed by atoms with Gasteiger partial charge in [0.05, 0.1) is 18.2 Å². The monoisotopic (exact) mass is 282 g/mol. The van der Waals surface area contributed by atoms with Gasteiger partial charge in [-0.3, -0.25) is 4.99 Å².